The lowest BCUT2D eigenvalue weighted by atomic mass is 10.2. The molecule has 0 fully saturated rings. The second-order valence-electron chi connectivity index (χ2n) is 6.48. The van der Waals surface area contributed by atoms with Gasteiger partial charge in [-0.3, -0.25) is 4.79 Å². The Morgan fingerprint density at radius 2 is 1.82 bits per heavy atom. The van der Waals surface area contributed by atoms with Gasteiger partial charge in [0.1, 0.15) is 5.75 Å². The van der Waals surface area contributed by atoms with Crippen LogP contribution in [0.15, 0.2) is 42.5 Å². The highest BCUT2D eigenvalue weighted by Gasteiger charge is 2.19. The van der Waals surface area contributed by atoms with Gasteiger partial charge in [-0.1, -0.05) is 31.9 Å². The highest BCUT2D eigenvalue weighted by molar-refractivity contribution is 6.31. The van der Waals surface area contributed by atoms with Crippen molar-refractivity contribution >= 4 is 29.2 Å². The predicted octanol–water partition coefficient (Wildman–Crippen LogP) is 5.40. The Balaban J connectivity index is 1.96. The standard InChI is InChI=1S/C22H26ClNO4/c1-4-6-13-27-22(26)16-7-9-17(10-8-16)24-21(25)20(5-2)28-18-11-12-19(23)15(3)14-18/h7-12,14,20H,4-6,13H2,1-3H3,(H,24,25). The van der Waals surface area contributed by atoms with Crippen LogP contribution in [0.25, 0.3) is 0 Å². The molecular weight excluding hydrogens is 378 g/mol. The quantitative estimate of drug-likeness (QED) is 0.449. The third-order valence-electron chi connectivity index (χ3n) is 4.19. The van der Waals surface area contributed by atoms with Crippen molar-refractivity contribution in [1.82, 2.24) is 0 Å². The largest absolute Gasteiger partial charge is 0.481 e. The van der Waals surface area contributed by atoms with Crippen LogP contribution in [0.1, 0.15) is 49.0 Å². The van der Waals surface area contributed by atoms with Crippen LogP contribution in [0.4, 0.5) is 5.69 Å². The smallest absolute Gasteiger partial charge is 0.338 e. The van der Waals surface area contributed by atoms with Crippen molar-refractivity contribution in [2.24, 2.45) is 0 Å². The van der Waals surface area contributed by atoms with E-state index in [2.05, 4.69) is 5.32 Å². The van der Waals surface area contributed by atoms with Crippen molar-refractivity contribution in [1.29, 1.82) is 0 Å². The molecule has 0 aromatic heterocycles. The van der Waals surface area contributed by atoms with E-state index in [1.807, 2.05) is 20.8 Å². The van der Waals surface area contributed by atoms with Gasteiger partial charge in [-0.2, -0.15) is 0 Å². The number of halogens is 1. The van der Waals surface area contributed by atoms with Gasteiger partial charge in [-0.05, 0) is 67.8 Å². The molecule has 0 spiro atoms. The number of carbonyl (C=O) groups is 2. The van der Waals surface area contributed by atoms with E-state index in [0.717, 1.165) is 18.4 Å². The number of amides is 1. The van der Waals surface area contributed by atoms with Crippen molar-refractivity contribution in [3.8, 4) is 5.75 Å². The molecule has 150 valence electrons. The van der Waals surface area contributed by atoms with Crippen LogP contribution in [-0.2, 0) is 9.53 Å². The number of hydrogen-bond acceptors (Lipinski definition) is 4. The van der Waals surface area contributed by atoms with Crippen LogP contribution >= 0.6 is 11.6 Å². The van der Waals surface area contributed by atoms with Crippen LogP contribution in [0.5, 0.6) is 5.75 Å². The van der Waals surface area contributed by atoms with Crippen LogP contribution in [-0.4, -0.2) is 24.6 Å². The molecule has 5 nitrogen and oxygen atoms in total. The Morgan fingerprint density at radius 1 is 1.11 bits per heavy atom. The molecule has 2 aromatic rings. The van der Waals surface area contributed by atoms with Gasteiger partial charge in [0, 0.05) is 10.7 Å². The zero-order valence-corrected chi connectivity index (χ0v) is 17.2. The van der Waals surface area contributed by atoms with Crippen molar-refractivity contribution in [3.63, 3.8) is 0 Å². The Bertz CT molecular complexity index is 805. The maximum atomic E-state index is 12.5. The van der Waals surface area contributed by atoms with E-state index < -0.39 is 6.10 Å². The number of aryl methyl sites for hydroxylation is 1. The fraction of sp³-hybridized carbons (Fsp3) is 0.364. The second-order valence-corrected chi connectivity index (χ2v) is 6.89. The van der Waals surface area contributed by atoms with Gasteiger partial charge < -0.3 is 14.8 Å². The van der Waals surface area contributed by atoms with Crippen molar-refractivity contribution in [3.05, 3.63) is 58.6 Å². The van der Waals surface area contributed by atoms with Gasteiger partial charge in [-0.25, -0.2) is 4.79 Å². The molecule has 6 heteroatoms. The third kappa shape index (κ3) is 6.27. The average Bonchev–Trinajstić information content (AvgIpc) is 2.69. The summed E-state index contributed by atoms with van der Waals surface area (Å²) in [7, 11) is 0. The van der Waals surface area contributed by atoms with Crippen molar-refractivity contribution in [2.45, 2.75) is 46.1 Å². The summed E-state index contributed by atoms with van der Waals surface area (Å²) in [4.78, 5) is 24.5. The molecule has 1 atom stereocenters. The van der Waals surface area contributed by atoms with Crippen molar-refractivity contribution in [2.75, 3.05) is 11.9 Å². The molecule has 28 heavy (non-hydrogen) atoms. The summed E-state index contributed by atoms with van der Waals surface area (Å²) in [5.41, 5.74) is 1.93. The molecule has 0 radical (unpaired) electrons. The highest BCUT2D eigenvalue weighted by atomic mass is 35.5. The molecule has 1 unspecified atom stereocenters. The van der Waals surface area contributed by atoms with Gasteiger partial charge >= 0.3 is 5.97 Å². The van der Waals surface area contributed by atoms with Crippen LogP contribution < -0.4 is 10.1 Å². The first-order valence-corrected chi connectivity index (χ1v) is 9.83. The fourth-order valence-electron chi connectivity index (χ4n) is 2.48. The van der Waals surface area contributed by atoms with Gasteiger partial charge in [0.05, 0.1) is 12.2 Å². The number of ether oxygens (including phenoxy) is 2. The van der Waals surface area contributed by atoms with Crippen molar-refractivity contribution < 1.29 is 19.1 Å². The minimum Gasteiger partial charge on any atom is -0.481 e. The van der Waals surface area contributed by atoms with Crippen LogP contribution in [0.3, 0.4) is 0 Å². The third-order valence-corrected chi connectivity index (χ3v) is 4.61. The molecule has 1 amide bonds. The second kappa shape index (κ2) is 10.7. The number of esters is 1. The number of anilines is 1. The van der Waals surface area contributed by atoms with Gasteiger partial charge in [-0.15, -0.1) is 0 Å². The minimum atomic E-state index is -0.640. The maximum absolute atomic E-state index is 12.5. The van der Waals surface area contributed by atoms with E-state index in [1.54, 1.807) is 42.5 Å². The molecule has 0 saturated carbocycles. The lowest BCUT2D eigenvalue weighted by Gasteiger charge is -2.18. The summed E-state index contributed by atoms with van der Waals surface area (Å²) in [6, 6.07) is 11.9. The molecule has 0 aliphatic rings. The number of nitrogens with one attached hydrogen (secondary N) is 1. The van der Waals surface area contributed by atoms with Gasteiger partial charge in [0.15, 0.2) is 6.10 Å². The Labute approximate surface area is 171 Å². The summed E-state index contributed by atoms with van der Waals surface area (Å²) in [5, 5.41) is 3.47. The first-order valence-electron chi connectivity index (χ1n) is 9.45. The topological polar surface area (TPSA) is 64.6 Å². The molecule has 0 saturated heterocycles. The van der Waals surface area contributed by atoms with E-state index >= 15 is 0 Å². The molecule has 0 aliphatic heterocycles. The molecule has 0 heterocycles. The average molecular weight is 404 g/mol. The number of hydrogen-bond donors (Lipinski definition) is 1. The maximum Gasteiger partial charge on any atom is 0.338 e. The molecule has 1 N–H and O–H groups in total. The summed E-state index contributed by atoms with van der Waals surface area (Å²) in [6.07, 6.45) is 1.68. The van der Waals surface area contributed by atoms with E-state index in [9.17, 15) is 9.59 Å². The van der Waals surface area contributed by atoms with Crippen LogP contribution in [0.2, 0.25) is 5.02 Å². The predicted molar refractivity (Wildman–Crippen MR) is 111 cm³/mol. The monoisotopic (exact) mass is 403 g/mol. The van der Waals surface area contributed by atoms with Crippen LogP contribution in [0, 0.1) is 6.92 Å². The first-order chi connectivity index (χ1) is 13.4. The molecule has 0 aliphatic carbocycles. The summed E-state index contributed by atoms with van der Waals surface area (Å²) >= 11 is 6.02. The molecule has 0 bridgehead atoms. The lowest BCUT2D eigenvalue weighted by Crippen LogP contribution is -2.32. The minimum absolute atomic E-state index is 0.256. The summed E-state index contributed by atoms with van der Waals surface area (Å²) < 4.78 is 11.0. The normalized spacial score (nSPS) is 11.6. The van der Waals surface area contributed by atoms with E-state index in [-0.39, 0.29) is 11.9 Å². The molecular formula is C22H26ClNO4. The zero-order chi connectivity index (χ0) is 20.5. The van der Waals surface area contributed by atoms with E-state index in [0.29, 0.717) is 35.1 Å². The number of carbonyl (C=O) groups excluding carboxylic acids is 2. The zero-order valence-electron chi connectivity index (χ0n) is 16.5. The Hall–Kier alpha value is -2.53. The summed E-state index contributed by atoms with van der Waals surface area (Å²) in [6.45, 7) is 6.20. The van der Waals surface area contributed by atoms with Gasteiger partial charge in [0.2, 0.25) is 0 Å². The fourth-order valence-corrected chi connectivity index (χ4v) is 2.60. The first kappa shape index (κ1) is 21.8. The SMILES string of the molecule is CCCCOC(=O)c1ccc(NC(=O)C(CC)Oc2ccc(Cl)c(C)c2)cc1. The molecule has 2 rings (SSSR count). The highest BCUT2D eigenvalue weighted by Crippen LogP contribution is 2.23. The lowest BCUT2D eigenvalue weighted by molar-refractivity contribution is -0.122. The Kier molecular flexibility index (Phi) is 8.33. The Morgan fingerprint density at radius 3 is 2.43 bits per heavy atom. The van der Waals surface area contributed by atoms with Gasteiger partial charge in [0.25, 0.3) is 5.91 Å². The molecule has 2 aromatic carbocycles. The van der Waals surface area contributed by atoms with E-state index in [1.165, 1.54) is 0 Å². The van der Waals surface area contributed by atoms with E-state index in [4.69, 9.17) is 21.1 Å². The number of benzene rings is 2. The number of unbranched alkanes of at least 4 members (excludes halogenated alkanes) is 1. The summed E-state index contributed by atoms with van der Waals surface area (Å²) in [5.74, 6) is -0.0262. The number of rotatable bonds is 9.